The Morgan fingerprint density at radius 1 is 0.243 bits per heavy atom. The molecule has 0 aliphatic rings. The van der Waals surface area contributed by atoms with Crippen molar-refractivity contribution < 1.29 is 0 Å². The molecule has 0 saturated carbocycles. The van der Waals surface area contributed by atoms with Crippen LogP contribution in [0, 0.1) is 0 Å². The van der Waals surface area contributed by atoms with E-state index >= 15 is 0 Å². The van der Waals surface area contributed by atoms with E-state index in [2.05, 4.69) is 133 Å². The van der Waals surface area contributed by atoms with Crippen molar-refractivity contribution in [2.45, 2.75) is 259 Å². The Labute approximate surface area is 453 Å². The summed E-state index contributed by atoms with van der Waals surface area (Å²) < 4.78 is 0. The maximum Gasteiger partial charge on any atom is 0.0481 e. The van der Waals surface area contributed by atoms with Gasteiger partial charge in [-0.3, -0.25) is 0 Å². The molecule has 0 nitrogen and oxygen atoms in total. The van der Waals surface area contributed by atoms with E-state index in [4.69, 9.17) is 0 Å². The number of aryl methyl sites for hydroxylation is 5. The third kappa shape index (κ3) is 18.5. The van der Waals surface area contributed by atoms with Gasteiger partial charge in [-0.25, -0.2) is 0 Å². The fourth-order valence-corrected chi connectivity index (χ4v) is 17.6. The molecule has 70 heavy (non-hydrogen) atoms. The number of unbranched alkanes of at least 4 members (excludes halogenated alkanes) is 25. The highest BCUT2D eigenvalue weighted by molar-refractivity contribution is 7.30. The van der Waals surface area contributed by atoms with Gasteiger partial charge in [-0.05, 0) is 145 Å². The Morgan fingerprint density at radius 3 is 0.814 bits per heavy atom. The maximum absolute atomic E-state index is 2.67. The predicted molar refractivity (Wildman–Crippen MR) is 326 cm³/mol. The fourth-order valence-electron chi connectivity index (χ4n) is 10.4. The predicted octanol–water partition coefficient (Wildman–Crippen LogP) is 24.9. The van der Waals surface area contributed by atoms with E-state index in [0.717, 1.165) is 0 Å². The topological polar surface area (TPSA) is 0 Å². The Morgan fingerprint density at radius 2 is 0.500 bits per heavy atom. The molecule has 0 fully saturated rings. The molecule has 0 bridgehead atoms. The summed E-state index contributed by atoms with van der Waals surface area (Å²) in [5.41, 5.74) is 7.97. The average molecular weight is 1060 g/mol. The van der Waals surface area contributed by atoms with Crippen molar-refractivity contribution in [2.75, 3.05) is 0 Å². The first-order chi connectivity index (χ1) is 34.6. The van der Waals surface area contributed by atoms with Gasteiger partial charge in [0.1, 0.15) is 0 Å². The summed E-state index contributed by atoms with van der Waals surface area (Å²) in [6.45, 7) is 11.7. The third-order valence-electron chi connectivity index (χ3n) is 14.6. The summed E-state index contributed by atoms with van der Waals surface area (Å²) in [6.07, 6.45) is 46.6. The van der Waals surface area contributed by atoms with Crippen molar-refractivity contribution in [2.24, 2.45) is 0 Å². The van der Waals surface area contributed by atoms with Crippen molar-refractivity contribution in [1.29, 1.82) is 0 Å². The second-order valence-electron chi connectivity index (χ2n) is 20.7. The lowest BCUT2D eigenvalue weighted by molar-refractivity contribution is 0.608. The molecule has 6 aromatic rings. The smallest absolute Gasteiger partial charge is 0.0481 e. The van der Waals surface area contributed by atoms with Crippen LogP contribution in [0.15, 0.2) is 53.2 Å². The molecule has 6 aromatic heterocycles. The van der Waals surface area contributed by atoms with Gasteiger partial charge in [0.05, 0.1) is 0 Å². The molecule has 0 atom stereocenters. The van der Waals surface area contributed by atoms with E-state index in [-0.39, 0.29) is 0 Å². The van der Waals surface area contributed by atoms with E-state index in [9.17, 15) is 0 Å². The number of thiophene rings is 6. The van der Waals surface area contributed by atoms with Crippen molar-refractivity contribution in [3.8, 4) is 48.8 Å². The highest BCUT2D eigenvalue weighted by Crippen LogP contribution is 2.51. The molecule has 0 aliphatic heterocycles. The minimum absolute atomic E-state index is 1.19. The second-order valence-corrected chi connectivity index (χ2v) is 26.8. The monoisotopic (exact) mass is 1050 g/mol. The Bertz CT molecular complexity index is 2260. The van der Waals surface area contributed by atoms with Crippen LogP contribution in [0.4, 0.5) is 0 Å². The van der Waals surface area contributed by atoms with Crippen molar-refractivity contribution >= 4 is 68.0 Å². The van der Waals surface area contributed by atoms with Crippen LogP contribution in [0.3, 0.4) is 0 Å². The van der Waals surface area contributed by atoms with Gasteiger partial charge in [-0.15, -0.1) is 68.0 Å². The van der Waals surface area contributed by atoms with Crippen molar-refractivity contribution in [3.05, 3.63) is 81.0 Å². The van der Waals surface area contributed by atoms with Gasteiger partial charge in [0, 0.05) is 48.8 Å². The van der Waals surface area contributed by atoms with E-state index in [0.29, 0.717) is 0 Å². The van der Waals surface area contributed by atoms with Gasteiger partial charge in [-0.1, -0.05) is 195 Å². The number of rotatable bonds is 40. The summed E-state index contributed by atoms with van der Waals surface area (Å²) in [7, 11) is 0. The number of hydrogen-bond acceptors (Lipinski definition) is 6. The van der Waals surface area contributed by atoms with Gasteiger partial charge in [0.25, 0.3) is 0 Å². The molecule has 6 heterocycles. The molecular formula is C64H94S6. The summed E-state index contributed by atoms with van der Waals surface area (Å²) in [6, 6.07) is 17.9. The van der Waals surface area contributed by atoms with Gasteiger partial charge >= 0.3 is 0 Å². The quantitative estimate of drug-likeness (QED) is 0.0337. The van der Waals surface area contributed by atoms with Crippen LogP contribution in [-0.4, -0.2) is 0 Å². The van der Waals surface area contributed by atoms with Crippen LogP contribution in [0.5, 0.6) is 0 Å². The fraction of sp³-hybridized carbons (Fsp3) is 0.625. The molecule has 0 spiro atoms. The highest BCUT2D eigenvalue weighted by Gasteiger charge is 2.23. The van der Waals surface area contributed by atoms with Crippen LogP contribution >= 0.6 is 68.0 Å². The molecule has 6 heteroatoms. The minimum atomic E-state index is 1.19. The van der Waals surface area contributed by atoms with Crippen LogP contribution in [0.25, 0.3) is 48.8 Å². The second kappa shape index (κ2) is 33.9. The zero-order valence-electron chi connectivity index (χ0n) is 44.9. The molecule has 0 unspecified atom stereocenters. The summed E-state index contributed by atoms with van der Waals surface area (Å²) >= 11 is 12.4. The molecule has 6 rings (SSSR count). The average Bonchev–Trinajstić information content (AvgIpc) is 4.24. The van der Waals surface area contributed by atoms with Crippen molar-refractivity contribution in [1.82, 2.24) is 0 Å². The van der Waals surface area contributed by atoms with Crippen LogP contribution in [-0.2, 0) is 32.1 Å². The SMILES string of the molecule is CCCCCCCCc1ccsc1-c1cc(CCCCCCCC)c(-c2ccc(-c3sc(-c4sc(-c5sccc5CCCCCCCC)cc4CCCCCCCC)cc3CCCCCCCC)s2)s1. The summed E-state index contributed by atoms with van der Waals surface area (Å²) in [5, 5.41) is 4.74. The largest absolute Gasteiger partial charge is 0.143 e. The first-order valence-electron chi connectivity index (χ1n) is 29.2. The van der Waals surface area contributed by atoms with Crippen LogP contribution < -0.4 is 0 Å². The zero-order chi connectivity index (χ0) is 49.0. The summed E-state index contributed by atoms with van der Waals surface area (Å²) in [5.74, 6) is 0. The normalized spacial score (nSPS) is 11.8. The van der Waals surface area contributed by atoms with Gasteiger partial charge in [-0.2, -0.15) is 0 Å². The number of hydrogen-bond donors (Lipinski definition) is 0. The van der Waals surface area contributed by atoms with Gasteiger partial charge in [0.2, 0.25) is 0 Å². The summed E-state index contributed by atoms with van der Waals surface area (Å²) in [4.78, 5) is 15.3. The van der Waals surface area contributed by atoms with E-state index in [1.165, 1.54) is 249 Å². The van der Waals surface area contributed by atoms with Gasteiger partial charge in [0.15, 0.2) is 0 Å². The van der Waals surface area contributed by atoms with E-state index < -0.39 is 0 Å². The first kappa shape index (κ1) is 57.5. The minimum Gasteiger partial charge on any atom is -0.143 e. The Kier molecular flexibility index (Phi) is 27.8. The molecule has 0 aliphatic carbocycles. The lowest BCUT2D eigenvalue weighted by Gasteiger charge is -2.04. The van der Waals surface area contributed by atoms with Crippen molar-refractivity contribution in [3.63, 3.8) is 0 Å². The zero-order valence-corrected chi connectivity index (χ0v) is 49.8. The molecule has 0 saturated heterocycles. The molecule has 0 amide bonds. The van der Waals surface area contributed by atoms with Crippen LogP contribution in [0.2, 0.25) is 0 Å². The Balaban J connectivity index is 1.31. The van der Waals surface area contributed by atoms with E-state index in [1.807, 2.05) is 22.7 Å². The van der Waals surface area contributed by atoms with E-state index in [1.54, 1.807) is 52.2 Å². The lowest BCUT2D eigenvalue weighted by atomic mass is 10.0. The van der Waals surface area contributed by atoms with Crippen LogP contribution in [0.1, 0.15) is 255 Å². The standard InChI is InChI=1S/C64H94S6/c1-6-11-16-21-26-31-36-50-43-45-65-60(50)57-47-52(38-33-28-23-18-13-8-3)62(68-57)55-41-42-56(67-55)63-53(39-34-29-24-19-14-9-4)49-59(70-63)64-54(40-35-30-25-20-15-10-5)48-58(69-64)61-51(44-46-66-61)37-32-27-22-17-12-7-2/h41-49H,6-40H2,1-5H3. The molecular weight excluding hydrogens is 961 g/mol. The first-order valence-corrected chi connectivity index (χ1v) is 34.2. The molecule has 0 radical (unpaired) electrons. The third-order valence-corrected chi connectivity index (χ3v) is 22.1. The molecule has 0 aromatic carbocycles. The highest BCUT2D eigenvalue weighted by atomic mass is 32.1. The molecule has 0 N–H and O–H groups in total. The van der Waals surface area contributed by atoms with Gasteiger partial charge < -0.3 is 0 Å². The maximum atomic E-state index is 2.67. The Hall–Kier alpha value is -1.80. The lowest BCUT2D eigenvalue weighted by Crippen LogP contribution is -1.87. The molecule has 386 valence electrons.